The van der Waals surface area contributed by atoms with Crippen molar-refractivity contribution < 1.29 is 22.5 Å². The normalized spacial score (nSPS) is 36.5. The summed E-state index contributed by atoms with van der Waals surface area (Å²) in [5, 5.41) is 7.00. The molecule has 6 rings (SSSR count). The van der Waals surface area contributed by atoms with Crippen molar-refractivity contribution in [2.45, 2.75) is 93.9 Å². The number of amides is 1. The van der Waals surface area contributed by atoms with E-state index in [1.807, 2.05) is 4.31 Å². The summed E-state index contributed by atoms with van der Waals surface area (Å²) in [4.78, 5) is 12.7. The molecule has 1 amide bonds. The molecule has 9 nitrogen and oxygen atoms in total. The third kappa shape index (κ3) is 3.34. The van der Waals surface area contributed by atoms with Crippen LogP contribution in [0.5, 0.6) is 0 Å². The lowest BCUT2D eigenvalue weighted by Crippen LogP contribution is -2.58. The zero-order valence-electron chi connectivity index (χ0n) is 17.6. The molecule has 1 aromatic heterocycles. The zero-order valence-corrected chi connectivity index (χ0v) is 18.4. The van der Waals surface area contributed by atoms with Crippen molar-refractivity contribution in [1.29, 1.82) is 0 Å². The van der Waals surface area contributed by atoms with Crippen molar-refractivity contribution in [3.63, 3.8) is 0 Å². The monoisotopic (exact) mass is 450 g/mol. The number of ether oxygens (including phenoxy) is 1. The maximum Gasteiger partial charge on any atom is 0.282 e. The van der Waals surface area contributed by atoms with Gasteiger partial charge in [-0.1, -0.05) is 11.6 Å². The highest BCUT2D eigenvalue weighted by molar-refractivity contribution is 7.86. The van der Waals surface area contributed by atoms with Crippen LogP contribution in [0.15, 0.2) is 10.6 Å². The fraction of sp³-hybridized carbons (Fsp3) is 0.810. The molecular weight excluding hydrogens is 420 g/mol. The Bertz CT molecular complexity index is 931. The Hall–Kier alpha value is -1.49. The number of fused-ring (bicyclic) bond motifs is 4. The van der Waals surface area contributed by atoms with Crippen LogP contribution < -0.4 is 5.32 Å². The molecule has 5 saturated heterocycles. The first kappa shape index (κ1) is 20.1. The second-order valence-electron chi connectivity index (χ2n) is 9.86. The lowest BCUT2D eigenvalue weighted by atomic mass is 9.99. The van der Waals surface area contributed by atoms with E-state index in [-0.39, 0.29) is 47.7 Å². The lowest BCUT2D eigenvalue weighted by Gasteiger charge is -2.43. The standard InChI is InChI=1S/C21H30N4O5S/c26-21(19-10-20(30-23-19)13-11-29-12-13)22-14-8-17-6-7-18(9-14)25(17)31(27,28)24-15-2-1-3-16(24)5-4-15/h10,13-18H,1-9,11-12H2,(H,22,26)/t15?,16?,17-,18-/m0/s1. The largest absolute Gasteiger partial charge is 0.380 e. The average molecular weight is 451 g/mol. The number of nitrogens with one attached hydrogen (secondary N) is 1. The molecular formula is C21H30N4O5S. The van der Waals surface area contributed by atoms with Crippen LogP contribution in [0.4, 0.5) is 0 Å². The molecule has 4 bridgehead atoms. The molecule has 6 heterocycles. The fourth-order valence-corrected chi connectivity index (χ4v) is 8.96. The second kappa shape index (κ2) is 7.54. The number of carbonyl (C=O) groups is 1. The smallest absolute Gasteiger partial charge is 0.282 e. The maximum absolute atomic E-state index is 13.6. The highest BCUT2D eigenvalue weighted by atomic mass is 32.2. The van der Waals surface area contributed by atoms with Gasteiger partial charge in [-0.25, -0.2) is 0 Å². The van der Waals surface area contributed by atoms with E-state index in [1.165, 1.54) is 0 Å². The first-order valence-corrected chi connectivity index (χ1v) is 13.1. The Labute approximate surface area is 182 Å². The number of aromatic nitrogens is 1. The molecule has 5 aliphatic heterocycles. The molecule has 0 spiro atoms. The second-order valence-corrected chi connectivity index (χ2v) is 11.6. The van der Waals surface area contributed by atoms with Gasteiger partial charge in [-0.3, -0.25) is 4.79 Å². The van der Waals surface area contributed by atoms with Crippen molar-refractivity contribution >= 4 is 16.1 Å². The summed E-state index contributed by atoms with van der Waals surface area (Å²) in [6, 6.07) is 1.96. The molecule has 1 N–H and O–H groups in total. The van der Waals surface area contributed by atoms with Gasteiger partial charge in [-0.05, 0) is 51.4 Å². The Balaban J connectivity index is 1.13. The van der Waals surface area contributed by atoms with Gasteiger partial charge in [0.15, 0.2) is 5.69 Å². The van der Waals surface area contributed by atoms with Gasteiger partial charge in [0, 0.05) is 36.3 Å². The van der Waals surface area contributed by atoms with Gasteiger partial charge < -0.3 is 14.6 Å². The van der Waals surface area contributed by atoms with Crippen molar-refractivity contribution in [2.24, 2.45) is 0 Å². The van der Waals surface area contributed by atoms with E-state index in [4.69, 9.17) is 9.26 Å². The first-order valence-electron chi connectivity index (χ1n) is 11.7. The zero-order chi connectivity index (χ0) is 21.2. The molecule has 0 aromatic carbocycles. The summed E-state index contributed by atoms with van der Waals surface area (Å²) in [6.07, 6.45) is 8.17. The first-order chi connectivity index (χ1) is 15.0. The van der Waals surface area contributed by atoms with E-state index < -0.39 is 10.2 Å². The van der Waals surface area contributed by atoms with Crippen LogP contribution in [0.3, 0.4) is 0 Å². The number of hydrogen-bond donors (Lipinski definition) is 1. The number of piperidine rings is 2. The van der Waals surface area contributed by atoms with Crippen LogP contribution in [-0.4, -0.2) is 71.5 Å². The van der Waals surface area contributed by atoms with Crippen molar-refractivity contribution in [3.05, 3.63) is 17.5 Å². The molecule has 0 saturated carbocycles. The molecule has 10 heteroatoms. The van der Waals surface area contributed by atoms with Crippen LogP contribution >= 0.6 is 0 Å². The fourth-order valence-electron chi connectivity index (χ4n) is 6.43. The van der Waals surface area contributed by atoms with Crippen LogP contribution in [0, 0.1) is 0 Å². The Morgan fingerprint density at radius 1 is 0.968 bits per heavy atom. The maximum atomic E-state index is 13.6. The van der Waals surface area contributed by atoms with Crippen LogP contribution in [0.25, 0.3) is 0 Å². The van der Waals surface area contributed by atoms with E-state index in [0.717, 1.165) is 44.9 Å². The lowest BCUT2D eigenvalue weighted by molar-refractivity contribution is -0.00228. The molecule has 31 heavy (non-hydrogen) atoms. The molecule has 0 radical (unpaired) electrons. The summed E-state index contributed by atoms with van der Waals surface area (Å²) in [6.45, 7) is 1.20. The molecule has 5 aliphatic rings. The highest BCUT2D eigenvalue weighted by Crippen LogP contribution is 2.44. The molecule has 1 aromatic rings. The van der Waals surface area contributed by atoms with Gasteiger partial charge in [-0.2, -0.15) is 17.0 Å². The third-order valence-corrected chi connectivity index (χ3v) is 10.2. The van der Waals surface area contributed by atoms with Crippen molar-refractivity contribution in [3.8, 4) is 0 Å². The van der Waals surface area contributed by atoms with Crippen molar-refractivity contribution in [2.75, 3.05) is 13.2 Å². The SMILES string of the molecule is O=C(NC1C[C@@H]2CC[C@@H](C1)N2S(=O)(=O)N1C2CCCC1CC2)c1cc(C2COC2)on1. The van der Waals surface area contributed by atoms with Gasteiger partial charge in [-0.15, -0.1) is 0 Å². The van der Waals surface area contributed by atoms with E-state index in [9.17, 15) is 13.2 Å². The molecule has 5 fully saturated rings. The minimum absolute atomic E-state index is 0.0321. The molecule has 170 valence electrons. The van der Waals surface area contributed by atoms with E-state index in [1.54, 1.807) is 10.4 Å². The summed E-state index contributed by atoms with van der Waals surface area (Å²) < 4.78 is 41.4. The highest BCUT2D eigenvalue weighted by Gasteiger charge is 2.53. The van der Waals surface area contributed by atoms with Gasteiger partial charge in [0.1, 0.15) is 5.76 Å². The average Bonchev–Trinajstić information content (AvgIpc) is 3.35. The topological polar surface area (TPSA) is 105 Å². The summed E-state index contributed by atoms with van der Waals surface area (Å²) in [5.74, 6) is 0.627. The summed E-state index contributed by atoms with van der Waals surface area (Å²) in [7, 11) is -3.45. The Morgan fingerprint density at radius 3 is 2.19 bits per heavy atom. The van der Waals surface area contributed by atoms with E-state index in [2.05, 4.69) is 10.5 Å². The van der Waals surface area contributed by atoms with Gasteiger partial charge >= 0.3 is 0 Å². The Morgan fingerprint density at radius 2 is 1.58 bits per heavy atom. The minimum atomic E-state index is -3.45. The van der Waals surface area contributed by atoms with Crippen LogP contribution in [0.1, 0.15) is 80.0 Å². The van der Waals surface area contributed by atoms with Gasteiger partial charge in [0.2, 0.25) is 0 Å². The quantitative estimate of drug-likeness (QED) is 0.733. The number of carbonyl (C=O) groups excluding carboxylic acids is 1. The third-order valence-electron chi connectivity index (χ3n) is 7.96. The van der Waals surface area contributed by atoms with Gasteiger partial charge in [0.05, 0.1) is 19.1 Å². The van der Waals surface area contributed by atoms with E-state index in [0.29, 0.717) is 31.8 Å². The van der Waals surface area contributed by atoms with Gasteiger partial charge in [0.25, 0.3) is 16.1 Å². The van der Waals surface area contributed by atoms with Crippen LogP contribution in [0.2, 0.25) is 0 Å². The minimum Gasteiger partial charge on any atom is -0.380 e. The molecule has 0 aliphatic carbocycles. The van der Waals surface area contributed by atoms with Crippen molar-refractivity contribution in [1.82, 2.24) is 19.1 Å². The van der Waals surface area contributed by atoms with E-state index >= 15 is 0 Å². The number of hydrogen-bond acceptors (Lipinski definition) is 6. The number of rotatable bonds is 5. The predicted octanol–water partition coefficient (Wildman–Crippen LogP) is 1.78. The number of nitrogens with zero attached hydrogens (tertiary/aromatic N) is 3. The molecule has 4 atom stereocenters. The Kier molecular flexibility index (Phi) is 4.90. The van der Waals surface area contributed by atoms with Crippen LogP contribution in [-0.2, 0) is 14.9 Å². The molecule has 2 unspecified atom stereocenters. The predicted molar refractivity (Wildman–Crippen MR) is 111 cm³/mol. The summed E-state index contributed by atoms with van der Waals surface area (Å²) >= 11 is 0. The summed E-state index contributed by atoms with van der Waals surface area (Å²) in [5.41, 5.74) is 0.286.